The highest BCUT2D eigenvalue weighted by atomic mass is 79.9. The predicted molar refractivity (Wildman–Crippen MR) is 83.1 cm³/mol. The van der Waals surface area contributed by atoms with Crippen LogP contribution in [0.5, 0.6) is 0 Å². The van der Waals surface area contributed by atoms with E-state index in [1.165, 1.54) is 19.3 Å². The van der Waals surface area contributed by atoms with Gasteiger partial charge in [0.05, 0.1) is 11.7 Å². The number of hydrogen-bond acceptors (Lipinski definition) is 2. The third-order valence-electron chi connectivity index (χ3n) is 4.22. The van der Waals surface area contributed by atoms with Crippen molar-refractivity contribution in [1.29, 1.82) is 0 Å². The fraction of sp³-hybridized carbons (Fsp3) is 0.500. The topological polar surface area (TPSA) is 41.1 Å². The van der Waals surface area contributed by atoms with Crippen LogP contribution in [0.15, 0.2) is 27.1 Å². The number of carbonyl (C=O) groups is 1. The van der Waals surface area contributed by atoms with Crippen LogP contribution in [0.2, 0.25) is 0 Å². The van der Waals surface area contributed by atoms with Gasteiger partial charge in [-0.15, -0.1) is 0 Å². The van der Waals surface area contributed by atoms with Crippen LogP contribution in [0.25, 0.3) is 0 Å². The summed E-state index contributed by atoms with van der Waals surface area (Å²) >= 11 is 6.89. The standard InChI is InChI=1S/C14H16Br2N2O/c15-9-4-5-12(11(16)6-9)18-14(19)13-10-3-1-2-8(10)7-17-13/h4-6,8,10,13,17H,1-3,7H2,(H,18,19). The van der Waals surface area contributed by atoms with Gasteiger partial charge in [0.15, 0.2) is 0 Å². The minimum absolute atomic E-state index is 0.0250. The fourth-order valence-corrected chi connectivity index (χ4v) is 4.42. The van der Waals surface area contributed by atoms with Crippen LogP contribution in [0.1, 0.15) is 19.3 Å². The first kappa shape index (κ1) is 13.6. The number of hydrogen-bond donors (Lipinski definition) is 2. The Morgan fingerprint density at radius 2 is 2.16 bits per heavy atom. The van der Waals surface area contributed by atoms with Crippen molar-refractivity contribution in [2.45, 2.75) is 25.3 Å². The van der Waals surface area contributed by atoms with Gasteiger partial charge in [-0.05, 0) is 65.4 Å². The van der Waals surface area contributed by atoms with Crippen molar-refractivity contribution >= 4 is 43.5 Å². The van der Waals surface area contributed by atoms with Crippen LogP contribution in [0.3, 0.4) is 0 Å². The highest BCUT2D eigenvalue weighted by Crippen LogP contribution is 2.38. The summed E-state index contributed by atoms with van der Waals surface area (Å²) in [4.78, 5) is 12.4. The Morgan fingerprint density at radius 3 is 2.95 bits per heavy atom. The Morgan fingerprint density at radius 1 is 1.32 bits per heavy atom. The second-order valence-electron chi connectivity index (χ2n) is 5.35. The Kier molecular flexibility index (Phi) is 3.96. The van der Waals surface area contributed by atoms with Crippen molar-refractivity contribution in [3.05, 3.63) is 27.1 Å². The molecule has 3 unspecified atom stereocenters. The van der Waals surface area contributed by atoms with Crippen LogP contribution in [-0.4, -0.2) is 18.5 Å². The monoisotopic (exact) mass is 386 g/mol. The second kappa shape index (κ2) is 5.54. The lowest BCUT2D eigenvalue weighted by Gasteiger charge is -2.18. The third-order valence-corrected chi connectivity index (χ3v) is 5.37. The van der Waals surface area contributed by atoms with Crippen LogP contribution in [-0.2, 0) is 4.79 Å². The maximum absolute atomic E-state index is 12.4. The van der Waals surface area contributed by atoms with Gasteiger partial charge >= 0.3 is 0 Å². The van der Waals surface area contributed by atoms with Gasteiger partial charge in [-0.1, -0.05) is 22.4 Å². The SMILES string of the molecule is O=C(Nc1ccc(Br)cc1Br)C1NCC2CCCC21. The highest BCUT2D eigenvalue weighted by molar-refractivity contribution is 9.11. The summed E-state index contributed by atoms with van der Waals surface area (Å²) in [6.45, 7) is 0.990. The lowest BCUT2D eigenvalue weighted by atomic mass is 9.93. The quantitative estimate of drug-likeness (QED) is 0.814. The average Bonchev–Trinajstić information content (AvgIpc) is 2.94. The summed E-state index contributed by atoms with van der Waals surface area (Å²) in [5.41, 5.74) is 0.830. The summed E-state index contributed by atoms with van der Waals surface area (Å²) in [7, 11) is 0. The zero-order chi connectivity index (χ0) is 13.4. The van der Waals surface area contributed by atoms with Gasteiger partial charge in [0.2, 0.25) is 5.91 Å². The summed E-state index contributed by atoms with van der Waals surface area (Å²) in [5, 5.41) is 6.40. The molecule has 1 aromatic carbocycles. The molecule has 1 saturated carbocycles. The van der Waals surface area contributed by atoms with Gasteiger partial charge in [-0.2, -0.15) is 0 Å². The Balaban J connectivity index is 1.71. The molecule has 0 bridgehead atoms. The average molecular weight is 388 g/mol. The van der Waals surface area contributed by atoms with E-state index >= 15 is 0 Å². The van der Waals surface area contributed by atoms with Crippen molar-refractivity contribution < 1.29 is 4.79 Å². The van der Waals surface area contributed by atoms with Crippen LogP contribution < -0.4 is 10.6 Å². The van der Waals surface area contributed by atoms with E-state index in [0.717, 1.165) is 21.2 Å². The maximum atomic E-state index is 12.4. The summed E-state index contributed by atoms with van der Waals surface area (Å²) < 4.78 is 1.89. The molecule has 3 nitrogen and oxygen atoms in total. The van der Waals surface area contributed by atoms with Gasteiger partial charge in [0.1, 0.15) is 0 Å². The van der Waals surface area contributed by atoms with Gasteiger partial charge in [-0.25, -0.2) is 0 Å². The van der Waals surface area contributed by atoms with Crippen molar-refractivity contribution in [2.75, 3.05) is 11.9 Å². The third kappa shape index (κ3) is 2.73. The molecule has 3 atom stereocenters. The molecule has 2 aliphatic rings. The van der Waals surface area contributed by atoms with Crippen LogP contribution in [0, 0.1) is 11.8 Å². The lowest BCUT2D eigenvalue weighted by Crippen LogP contribution is -2.39. The number of anilines is 1. The Labute approximate surface area is 129 Å². The van der Waals surface area contributed by atoms with E-state index in [1.54, 1.807) is 0 Å². The number of benzene rings is 1. The van der Waals surface area contributed by atoms with E-state index in [2.05, 4.69) is 42.5 Å². The molecule has 0 spiro atoms. The number of halogens is 2. The Hall–Kier alpha value is -0.390. The first-order chi connectivity index (χ1) is 9.15. The van der Waals surface area contributed by atoms with E-state index in [0.29, 0.717) is 11.8 Å². The van der Waals surface area contributed by atoms with E-state index in [4.69, 9.17) is 0 Å². The van der Waals surface area contributed by atoms with E-state index in [-0.39, 0.29) is 11.9 Å². The minimum Gasteiger partial charge on any atom is -0.324 e. The largest absolute Gasteiger partial charge is 0.324 e. The zero-order valence-corrected chi connectivity index (χ0v) is 13.6. The molecule has 1 aromatic rings. The molecule has 2 fully saturated rings. The lowest BCUT2D eigenvalue weighted by molar-refractivity contribution is -0.118. The Bertz CT molecular complexity index is 506. The van der Waals surface area contributed by atoms with Crippen LogP contribution >= 0.6 is 31.9 Å². The summed E-state index contributed by atoms with van der Waals surface area (Å²) in [6, 6.07) is 5.76. The molecule has 19 heavy (non-hydrogen) atoms. The number of amides is 1. The number of carbonyl (C=O) groups excluding carboxylic acids is 1. The molecular formula is C14H16Br2N2O. The van der Waals surface area contributed by atoms with Gasteiger partial charge in [0.25, 0.3) is 0 Å². The van der Waals surface area contributed by atoms with Crippen molar-refractivity contribution in [3.8, 4) is 0 Å². The van der Waals surface area contributed by atoms with Crippen molar-refractivity contribution in [3.63, 3.8) is 0 Å². The van der Waals surface area contributed by atoms with Gasteiger partial charge < -0.3 is 10.6 Å². The first-order valence-electron chi connectivity index (χ1n) is 6.64. The predicted octanol–water partition coefficient (Wildman–Crippen LogP) is 3.54. The molecular weight excluding hydrogens is 372 g/mol. The van der Waals surface area contributed by atoms with E-state index in [1.807, 2.05) is 18.2 Å². The van der Waals surface area contributed by atoms with Crippen LogP contribution in [0.4, 0.5) is 5.69 Å². The summed E-state index contributed by atoms with van der Waals surface area (Å²) in [6.07, 6.45) is 3.71. The molecule has 0 radical (unpaired) electrons. The zero-order valence-electron chi connectivity index (χ0n) is 10.5. The van der Waals surface area contributed by atoms with Gasteiger partial charge in [-0.3, -0.25) is 4.79 Å². The number of rotatable bonds is 2. The highest BCUT2D eigenvalue weighted by Gasteiger charge is 2.42. The molecule has 0 aromatic heterocycles. The molecule has 1 aliphatic heterocycles. The van der Waals surface area contributed by atoms with E-state index < -0.39 is 0 Å². The molecule has 3 rings (SSSR count). The maximum Gasteiger partial charge on any atom is 0.241 e. The summed E-state index contributed by atoms with van der Waals surface area (Å²) in [5.74, 6) is 1.32. The fourth-order valence-electron chi connectivity index (χ4n) is 3.28. The molecule has 5 heteroatoms. The van der Waals surface area contributed by atoms with E-state index in [9.17, 15) is 4.79 Å². The molecule has 2 N–H and O–H groups in total. The second-order valence-corrected chi connectivity index (χ2v) is 7.12. The molecule has 102 valence electrons. The van der Waals surface area contributed by atoms with Crippen molar-refractivity contribution in [1.82, 2.24) is 5.32 Å². The number of nitrogens with one attached hydrogen (secondary N) is 2. The number of fused-ring (bicyclic) bond motifs is 1. The molecule has 1 heterocycles. The first-order valence-corrected chi connectivity index (χ1v) is 8.23. The molecule has 1 aliphatic carbocycles. The smallest absolute Gasteiger partial charge is 0.241 e. The molecule has 1 saturated heterocycles. The minimum atomic E-state index is -0.0250. The normalized spacial score (nSPS) is 29.3. The van der Waals surface area contributed by atoms with Crippen molar-refractivity contribution in [2.24, 2.45) is 11.8 Å². The molecule has 1 amide bonds. The van der Waals surface area contributed by atoms with Gasteiger partial charge in [0, 0.05) is 8.95 Å².